The molecule has 0 saturated heterocycles. The number of hydrogen-bond acceptors (Lipinski definition) is 5. The highest BCUT2D eigenvalue weighted by Gasteiger charge is 2.09. The summed E-state index contributed by atoms with van der Waals surface area (Å²) in [5.41, 5.74) is 6.67. The lowest BCUT2D eigenvalue weighted by molar-refractivity contribution is 0.881. The summed E-state index contributed by atoms with van der Waals surface area (Å²) in [6.07, 6.45) is 0. The Balaban J connectivity index is 1.97. The first-order valence-electron chi connectivity index (χ1n) is 6.23. The SMILES string of the molecule is CC(Nc1nc2ccc(N)cc2c(=O)[nH]1)c1cccs1. The van der Waals surface area contributed by atoms with E-state index in [1.54, 1.807) is 29.5 Å². The van der Waals surface area contributed by atoms with E-state index in [2.05, 4.69) is 15.3 Å². The van der Waals surface area contributed by atoms with E-state index in [1.807, 2.05) is 24.4 Å². The average Bonchev–Trinajstić information content (AvgIpc) is 2.94. The molecule has 0 spiro atoms. The van der Waals surface area contributed by atoms with Gasteiger partial charge in [-0.25, -0.2) is 4.98 Å². The van der Waals surface area contributed by atoms with Crippen LogP contribution in [0.4, 0.5) is 11.6 Å². The van der Waals surface area contributed by atoms with Gasteiger partial charge in [0.2, 0.25) is 5.95 Å². The Labute approximate surface area is 119 Å². The Kier molecular flexibility index (Phi) is 3.15. The Hall–Kier alpha value is -2.34. The Morgan fingerprint density at radius 3 is 3.00 bits per heavy atom. The molecular weight excluding hydrogens is 272 g/mol. The monoisotopic (exact) mass is 286 g/mol. The van der Waals surface area contributed by atoms with Crippen LogP contribution >= 0.6 is 11.3 Å². The maximum absolute atomic E-state index is 12.0. The number of fused-ring (bicyclic) bond motifs is 1. The molecule has 0 aliphatic heterocycles. The number of aromatic amines is 1. The van der Waals surface area contributed by atoms with E-state index in [1.165, 1.54) is 4.88 Å². The number of nitrogens with zero attached hydrogens (tertiary/aromatic N) is 1. The van der Waals surface area contributed by atoms with Gasteiger partial charge in [0.25, 0.3) is 5.56 Å². The van der Waals surface area contributed by atoms with Gasteiger partial charge in [0, 0.05) is 10.6 Å². The fraction of sp³-hybridized carbons (Fsp3) is 0.143. The molecule has 0 saturated carbocycles. The molecule has 20 heavy (non-hydrogen) atoms. The van der Waals surface area contributed by atoms with E-state index in [4.69, 9.17) is 5.73 Å². The summed E-state index contributed by atoms with van der Waals surface area (Å²) >= 11 is 1.66. The lowest BCUT2D eigenvalue weighted by atomic mass is 10.2. The molecule has 2 aromatic heterocycles. The number of nitrogen functional groups attached to an aromatic ring is 1. The number of aromatic nitrogens is 2. The predicted octanol–water partition coefficient (Wildman–Crippen LogP) is 2.74. The van der Waals surface area contributed by atoms with Gasteiger partial charge in [-0.1, -0.05) is 6.07 Å². The van der Waals surface area contributed by atoms with E-state index < -0.39 is 0 Å². The van der Waals surface area contributed by atoms with Gasteiger partial charge in [0.05, 0.1) is 16.9 Å². The normalized spacial score (nSPS) is 12.4. The zero-order chi connectivity index (χ0) is 14.1. The smallest absolute Gasteiger partial charge is 0.260 e. The molecule has 6 heteroatoms. The van der Waals surface area contributed by atoms with E-state index in [-0.39, 0.29) is 11.6 Å². The van der Waals surface area contributed by atoms with E-state index >= 15 is 0 Å². The molecule has 3 rings (SSSR count). The van der Waals surface area contributed by atoms with E-state index in [9.17, 15) is 4.79 Å². The highest BCUT2D eigenvalue weighted by Crippen LogP contribution is 2.21. The van der Waals surface area contributed by atoms with Gasteiger partial charge in [-0.2, -0.15) is 0 Å². The minimum atomic E-state index is -0.192. The van der Waals surface area contributed by atoms with Crippen molar-refractivity contribution in [2.45, 2.75) is 13.0 Å². The molecular formula is C14H14N4OS. The summed E-state index contributed by atoms with van der Waals surface area (Å²) in [4.78, 5) is 20.4. The number of nitrogens with two attached hydrogens (primary N) is 1. The van der Waals surface area contributed by atoms with Crippen LogP contribution < -0.4 is 16.6 Å². The molecule has 1 aromatic carbocycles. The van der Waals surface area contributed by atoms with Gasteiger partial charge < -0.3 is 11.1 Å². The first kappa shape index (κ1) is 12.7. The van der Waals surface area contributed by atoms with Crippen LogP contribution in [0.1, 0.15) is 17.8 Å². The van der Waals surface area contributed by atoms with E-state index in [0.29, 0.717) is 22.5 Å². The van der Waals surface area contributed by atoms with Crippen molar-refractivity contribution < 1.29 is 0 Å². The van der Waals surface area contributed by atoms with Crippen LogP contribution in [0.25, 0.3) is 10.9 Å². The average molecular weight is 286 g/mol. The fourth-order valence-electron chi connectivity index (χ4n) is 2.04. The summed E-state index contributed by atoms with van der Waals surface area (Å²) in [6, 6.07) is 9.25. The van der Waals surface area contributed by atoms with Gasteiger partial charge in [-0.15, -0.1) is 11.3 Å². The molecule has 0 amide bonds. The van der Waals surface area contributed by atoms with Crippen LogP contribution in [0.3, 0.4) is 0 Å². The first-order chi connectivity index (χ1) is 9.63. The molecule has 1 unspecified atom stereocenters. The number of nitrogens with one attached hydrogen (secondary N) is 2. The number of thiophene rings is 1. The number of anilines is 2. The molecule has 4 N–H and O–H groups in total. The van der Waals surface area contributed by atoms with Gasteiger partial charge in [-0.05, 0) is 36.6 Å². The summed E-state index contributed by atoms with van der Waals surface area (Å²) in [7, 11) is 0. The van der Waals surface area contributed by atoms with E-state index in [0.717, 1.165) is 0 Å². The molecule has 3 aromatic rings. The Bertz CT molecular complexity index is 795. The molecule has 1 atom stereocenters. The van der Waals surface area contributed by atoms with Crippen molar-refractivity contribution in [1.82, 2.24) is 9.97 Å². The van der Waals surface area contributed by atoms with Crippen molar-refractivity contribution in [1.29, 1.82) is 0 Å². The van der Waals surface area contributed by atoms with Gasteiger partial charge >= 0.3 is 0 Å². The van der Waals surface area contributed by atoms with Crippen LogP contribution in [0, 0.1) is 0 Å². The molecule has 0 fully saturated rings. The second-order valence-corrected chi connectivity index (χ2v) is 5.55. The third-order valence-corrected chi connectivity index (χ3v) is 4.11. The largest absolute Gasteiger partial charge is 0.399 e. The first-order valence-corrected chi connectivity index (χ1v) is 7.11. The number of rotatable bonds is 3. The van der Waals surface area contributed by atoms with Crippen LogP contribution in [0.15, 0.2) is 40.5 Å². The summed E-state index contributed by atoms with van der Waals surface area (Å²) < 4.78 is 0. The van der Waals surface area contributed by atoms with Crippen molar-refractivity contribution in [2.24, 2.45) is 0 Å². The second-order valence-electron chi connectivity index (χ2n) is 4.57. The maximum atomic E-state index is 12.0. The quantitative estimate of drug-likeness (QED) is 0.646. The molecule has 5 nitrogen and oxygen atoms in total. The molecule has 0 radical (unpaired) electrons. The minimum Gasteiger partial charge on any atom is -0.399 e. The standard InChI is InChI=1S/C14H14N4OS/c1-8(12-3-2-6-20-12)16-14-17-11-5-4-9(15)7-10(11)13(19)18-14/h2-8H,15H2,1H3,(H2,16,17,18,19). The summed E-state index contributed by atoms with van der Waals surface area (Å²) in [6.45, 7) is 2.03. The van der Waals surface area contributed by atoms with Crippen molar-refractivity contribution >= 4 is 33.9 Å². The predicted molar refractivity (Wildman–Crippen MR) is 83.1 cm³/mol. The van der Waals surface area contributed by atoms with Crippen LogP contribution in [-0.4, -0.2) is 9.97 Å². The number of hydrogen-bond donors (Lipinski definition) is 3. The third kappa shape index (κ3) is 2.37. The number of H-pyrrole nitrogens is 1. The van der Waals surface area contributed by atoms with Crippen molar-refractivity contribution in [3.63, 3.8) is 0 Å². The number of benzene rings is 1. The molecule has 2 heterocycles. The van der Waals surface area contributed by atoms with Crippen LogP contribution in [0.2, 0.25) is 0 Å². The molecule has 0 aliphatic rings. The second kappa shape index (κ2) is 4.97. The zero-order valence-corrected chi connectivity index (χ0v) is 11.7. The van der Waals surface area contributed by atoms with Gasteiger partial charge in [0.1, 0.15) is 0 Å². The van der Waals surface area contributed by atoms with Gasteiger partial charge in [-0.3, -0.25) is 9.78 Å². The lowest BCUT2D eigenvalue weighted by Gasteiger charge is -2.12. The Morgan fingerprint density at radius 2 is 2.25 bits per heavy atom. The van der Waals surface area contributed by atoms with Crippen molar-refractivity contribution in [3.05, 3.63) is 50.9 Å². The molecule has 0 aliphatic carbocycles. The van der Waals surface area contributed by atoms with Crippen molar-refractivity contribution in [2.75, 3.05) is 11.1 Å². The third-order valence-electron chi connectivity index (χ3n) is 3.05. The lowest BCUT2D eigenvalue weighted by Crippen LogP contribution is -2.15. The summed E-state index contributed by atoms with van der Waals surface area (Å²) in [5.74, 6) is 0.466. The zero-order valence-electron chi connectivity index (χ0n) is 10.9. The molecule has 0 bridgehead atoms. The maximum Gasteiger partial charge on any atom is 0.260 e. The molecule has 102 valence electrons. The fourth-order valence-corrected chi connectivity index (χ4v) is 2.77. The van der Waals surface area contributed by atoms with Crippen molar-refractivity contribution in [3.8, 4) is 0 Å². The highest BCUT2D eigenvalue weighted by atomic mass is 32.1. The topological polar surface area (TPSA) is 83.8 Å². The summed E-state index contributed by atoms with van der Waals surface area (Å²) in [5, 5.41) is 5.72. The van der Waals surface area contributed by atoms with Gasteiger partial charge in [0.15, 0.2) is 0 Å². The highest BCUT2D eigenvalue weighted by molar-refractivity contribution is 7.10. The van der Waals surface area contributed by atoms with Crippen LogP contribution in [-0.2, 0) is 0 Å². The minimum absolute atomic E-state index is 0.0874. The van der Waals surface area contributed by atoms with Crippen LogP contribution in [0.5, 0.6) is 0 Å². The Morgan fingerprint density at radius 1 is 1.40 bits per heavy atom.